The minimum Gasteiger partial charge on any atom is -0.493 e. The van der Waals surface area contributed by atoms with E-state index in [-0.39, 0.29) is 25.2 Å². The molecule has 0 spiro atoms. The van der Waals surface area contributed by atoms with Crippen LogP contribution in [0.15, 0.2) is 39.7 Å². The maximum atomic E-state index is 13.5. The van der Waals surface area contributed by atoms with E-state index in [1.807, 2.05) is 23.1 Å². The summed E-state index contributed by atoms with van der Waals surface area (Å²) in [6.07, 6.45) is 8.13. The Morgan fingerprint density at radius 1 is 1.11 bits per heavy atom. The van der Waals surface area contributed by atoms with Crippen molar-refractivity contribution in [2.75, 3.05) is 20.3 Å². The summed E-state index contributed by atoms with van der Waals surface area (Å²) < 4.78 is 22.7. The molecule has 0 N–H and O–H groups in total. The van der Waals surface area contributed by atoms with E-state index in [1.165, 1.54) is 51.0 Å². The molecule has 4 bridgehead atoms. The normalized spacial score (nSPS) is 28.8. The number of hydrogen-bond acceptors (Lipinski definition) is 8. The first-order chi connectivity index (χ1) is 18.4. The highest BCUT2D eigenvalue weighted by Gasteiger charge is 2.53. The van der Waals surface area contributed by atoms with Crippen molar-refractivity contribution in [3.63, 3.8) is 0 Å². The highest BCUT2D eigenvalue weighted by molar-refractivity contribution is 8.26. The van der Waals surface area contributed by atoms with Crippen molar-refractivity contribution >= 4 is 46.3 Å². The molecule has 38 heavy (non-hydrogen) atoms. The molecule has 1 aromatic heterocycles. The van der Waals surface area contributed by atoms with Crippen molar-refractivity contribution in [1.29, 1.82) is 0 Å². The molecule has 7 rings (SSSR count). The number of methoxy groups -OCH3 is 1. The first-order valence-electron chi connectivity index (χ1n) is 13.3. The molecule has 200 valence electrons. The summed E-state index contributed by atoms with van der Waals surface area (Å²) in [5.41, 5.74) is 0.755. The number of ether oxygens (including phenoxy) is 3. The van der Waals surface area contributed by atoms with E-state index >= 15 is 0 Å². The molecule has 9 heteroatoms. The Bertz CT molecular complexity index is 1270. The van der Waals surface area contributed by atoms with Crippen molar-refractivity contribution in [3.05, 3.63) is 41.0 Å². The van der Waals surface area contributed by atoms with Gasteiger partial charge in [0.1, 0.15) is 15.8 Å². The van der Waals surface area contributed by atoms with Gasteiger partial charge in [0, 0.05) is 17.7 Å². The average Bonchev–Trinajstić information content (AvgIpc) is 3.47. The van der Waals surface area contributed by atoms with Crippen LogP contribution in [0.2, 0.25) is 0 Å². The van der Waals surface area contributed by atoms with Gasteiger partial charge in [-0.25, -0.2) is 4.79 Å². The van der Waals surface area contributed by atoms with Crippen LogP contribution in [0.1, 0.15) is 44.8 Å². The molecule has 2 aromatic rings. The Kier molecular flexibility index (Phi) is 6.99. The lowest BCUT2D eigenvalue weighted by Crippen LogP contribution is -2.57. The van der Waals surface area contributed by atoms with Crippen molar-refractivity contribution in [3.8, 4) is 22.8 Å². The third-order valence-electron chi connectivity index (χ3n) is 8.30. The van der Waals surface area contributed by atoms with Crippen LogP contribution in [0.4, 0.5) is 0 Å². The predicted molar refractivity (Wildman–Crippen MR) is 149 cm³/mol. The number of carbonyl (C=O) groups excluding carboxylic acids is 2. The van der Waals surface area contributed by atoms with Crippen LogP contribution in [0.5, 0.6) is 11.5 Å². The first-order valence-corrected chi connectivity index (χ1v) is 14.5. The second-order valence-electron chi connectivity index (χ2n) is 10.6. The van der Waals surface area contributed by atoms with Crippen LogP contribution in [-0.4, -0.2) is 47.5 Å². The zero-order valence-corrected chi connectivity index (χ0v) is 23.1. The number of thioether (sulfide) groups is 1. The minimum atomic E-state index is -0.453. The van der Waals surface area contributed by atoms with E-state index in [1.54, 1.807) is 25.1 Å². The Hall–Kier alpha value is -2.78. The molecule has 5 fully saturated rings. The summed E-state index contributed by atoms with van der Waals surface area (Å²) in [4.78, 5) is 27.8. The molecule has 0 radical (unpaired) electrons. The summed E-state index contributed by atoms with van der Waals surface area (Å²) in [7, 11) is 1.54. The van der Waals surface area contributed by atoms with Crippen LogP contribution >= 0.6 is 24.0 Å². The molecule has 4 saturated carbocycles. The number of esters is 1. The number of furan rings is 1. The largest absolute Gasteiger partial charge is 0.493 e. The summed E-state index contributed by atoms with van der Waals surface area (Å²) in [6, 6.07) is 9.31. The average molecular weight is 554 g/mol. The molecule has 2 heterocycles. The van der Waals surface area contributed by atoms with E-state index in [0.717, 1.165) is 17.4 Å². The number of benzene rings is 1. The topological polar surface area (TPSA) is 78.2 Å². The van der Waals surface area contributed by atoms with Gasteiger partial charge in [0.15, 0.2) is 18.1 Å². The zero-order valence-electron chi connectivity index (χ0n) is 21.5. The van der Waals surface area contributed by atoms with Crippen LogP contribution in [-0.2, 0) is 14.3 Å². The highest BCUT2D eigenvalue weighted by Crippen LogP contribution is 2.56. The number of hydrogen-bond donors (Lipinski definition) is 0. The Morgan fingerprint density at radius 2 is 1.84 bits per heavy atom. The van der Waals surface area contributed by atoms with Crippen LogP contribution in [0.3, 0.4) is 0 Å². The Labute approximate surface area is 231 Å². The van der Waals surface area contributed by atoms with E-state index < -0.39 is 5.97 Å². The van der Waals surface area contributed by atoms with Crippen LogP contribution < -0.4 is 9.47 Å². The van der Waals surface area contributed by atoms with Crippen molar-refractivity contribution in [2.45, 2.75) is 45.1 Å². The maximum Gasteiger partial charge on any atom is 0.344 e. The maximum absolute atomic E-state index is 13.5. The van der Waals surface area contributed by atoms with E-state index in [4.69, 9.17) is 30.8 Å². The van der Waals surface area contributed by atoms with Crippen LogP contribution in [0.25, 0.3) is 17.4 Å². The molecule has 7 nitrogen and oxygen atoms in total. The van der Waals surface area contributed by atoms with Gasteiger partial charge in [-0.2, -0.15) is 0 Å². The Balaban J connectivity index is 1.19. The monoisotopic (exact) mass is 553 g/mol. The fourth-order valence-corrected chi connectivity index (χ4v) is 8.38. The van der Waals surface area contributed by atoms with Gasteiger partial charge in [-0.1, -0.05) is 24.0 Å². The molecular weight excluding hydrogens is 522 g/mol. The summed E-state index contributed by atoms with van der Waals surface area (Å²) in [5.74, 6) is 4.51. The number of rotatable bonds is 8. The molecule has 1 saturated heterocycles. The molecule has 4 aliphatic carbocycles. The molecule has 1 amide bonds. The zero-order chi connectivity index (χ0) is 26.4. The number of amides is 1. The molecular formula is C29H31NO6S2. The van der Waals surface area contributed by atoms with Gasteiger partial charge in [0.05, 0.1) is 18.6 Å². The third kappa shape index (κ3) is 4.75. The van der Waals surface area contributed by atoms with Gasteiger partial charge < -0.3 is 18.6 Å². The van der Waals surface area contributed by atoms with E-state index in [0.29, 0.717) is 44.1 Å². The lowest BCUT2D eigenvalue weighted by Gasteiger charge is -2.56. The number of nitrogens with zero attached hydrogens (tertiary/aromatic N) is 1. The summed E-state index contributed by atoms with van der Waals surface area (Å²) >= 11 is 7.10. The fourth-order valence-electron chi connectivity index (χ4n) is 7.05. The molecule has 1 aliphatic heterocycles. The second-order valence-corrected chi connectivity index (χ2v) is 12.3. The van der Waals surface area contributed by atoms with Crippen LogP contribution in [0, 0.1) is 23.7 Å². The van der Waals surface area contributed by atoms with Crippen molar-refractivity contribution in [1.82, 2.24) is 4.90 Å². The first kappa shape index (κ1) is 25.5. The minimum absolute atomic E-state index is 0.00882. The van der Waals surface area contributed by atoms with Gasteiger partial charge in [0.25, 0.3) is 5.91 Å². The van der Waals surface area contributed by atoms with Gasteiger partial charge in [0.2, 0.25) is 0 Å². The van der Waals surface area contributed by atoms with Gasteiger partial charge >= 0.3 is 5.97 Å². The third-order valence-corrected chi connectivity index (χ3v) is 9.63. The van der Waals surface area contributed by atoms with Gasteiger partial charge in [-0.15, -0.1) is 0 Å². The second kappa shape index (κ2) is 10.4. The predicted octanol–water partition coefficient (Wildman–Crippen LogP) is 5.92. The number of thiocarbonyl (C=S) groups is 1. The quantitative estimate of drug-likeness (QED) is 0.226. The summed E-state index contributed by atoms with van der Waals surface area (Å²) in [5, 5.41) is 0. The Morgan fingerprint density at radius 3 is 2.53 bits per heavy atom. The van der Waals surface area contributed by atoms with Gasteiger partial charge in [-0.3, -0.25) is 9.69 Å². The molecule has 1 aromatic carbocycles. The smallest absolute Gasteiger partial charge is 0.344 e. The molecule has 5 aliphatic rings. The number of carbonyl (C=O) groups is 2. The standard InChI is InChI=1S/C29H31NO6S2/c1-3-34-26(31)15-35-24-13-18(4-6-23(24)33-2)22-7-5-21(36-22)14-25-28(32)30(29(37)38-25)27-19-9-16-8-17(11-19)12-20(27)10-16/h4-7,13-14,16-17,19-20,27H,3,8-12,15H2,1-2H3. The SMILES string of the molecule is CCOC(=O)COc1cc(-c2ccc(C=C3SC(=S)N(C4C5CC6CC(C5)CC4C6)C3=O)o2)ccc1OC. The molecule has 0 atom stereocenters. The summed E-state index contributed by atoms with van der Waals surface area (Å²) in [6.45, 7) is 1.81. The van der Waals surface area contributed by atoms with E-state index in [2.05, 4.69) is 0 Å². The van der Waals surface area contributed by atoms with E-state index in [9.17, 15) is 9.59 Å². The fraction of sp³-hybridized carbons (Fsp3) is 0.483. The van der Waals surface area contributed by atoms with Gasteiger partial charge in [-0.05, 0) is 93.0 Å². The lowest BCUT2D eigenvalue weighted by molar-refractivity contribution is -0.145. The lowest BCUT2D eigenvalue weighted by atomic mass is 9.54. The van der Waals surface area contributed by atoms with Crippen molar-refractivity contribution in [2.24, 2.45) is 23.7 Å². The van der Waals surface area contributed by atoms with Crippen molar-refractivity contribution < 1.29 is 28.2 Å². The highest BCUT2D eigenvalue weighted by atomic mass is 32.2. The molecule has 0 unspecified atom stereocenters.